The second-order valence-corrected chi connectivity index (χ2v) is 11.3. The lowest BCUT2D eigenvalue weighted by atomic mass is 9.97. The van der Waals surface area contributed by atoms with Crippen molar-refractivity contribution in [3.63, 3.8) is 0 Å². The molecule has 0 spiro atoms. The van der Waals surface area contributed by atoms with E-state index in [9.17, 15) is 19.2 Å². The molecular formula is C33H31ClFN5O2. The molecule has 2 aromatic carbocycles. The van der Waals surface area contributed by atoms with Gasteiger partial charge in [0.2, 0.25) is 11.9 Å². The summed E-state index contributed by atoms with van der Waals surface area (Å²) >= 11 is 6.92. The smallest absolute Gasteiger partial charge is 0.275 e. The van der Waals surface area contributed by atoms with Gasteiger partial charge in [0.15, 0.2) is 0 Å². The van der Waals surface area contributed by atoms with Crippen LogP contribution in [0.1, 0.15) is 43.4 Å². The Kier molecular flexibility index (Phi) is 7.89. The molecule has 9 heteroatoms. The first kappa shape index (κ1) is 29.0. The van der Waals surface area contributed by atoms with E-state index in [1.54, 1.807) is 22.5 Å². The number of pyridine rings is 2. The topological polar surface area (TPSA) is 82.2 Å². The van der Waals surface area contributed by atoms with Crippen LogP contribution >= 0.6 is 11.6 Å². The minimum atomic E-state index is -0.597. The number of halogens is 2. The number of fused-ring (bicyclic) bond motifs is 1. The molecule has 214 valence electrons. The summed E-state index contributed by atoms with van der Waals surface area (Å²) in [5, 5.41) is 11.4. The zero-order valence-electron chi connectivity index (χ0n) is 24.0. The minimum absolute atomic E-state index is 0.000137. The Morgan fingerprint density at radius 2 is 1.95 bits per heavy atom. The number of para-hydroxylation sites is 1. The molecule has 5 rings (SSSR count). The largest absolute Gasteiger partial charge is 0.363 e. The Bertz CT molecular complexity index is 1840. The molecule has 0 N–H and O–H groups in total. The van der Waals surface area contributed by atoms with Crippen molar-refractivity contribution in [1.82, 2.24) is 14.5 Å². The lowest BCUT2D eigenvalue weighted by molar-refractivity contribution is -0.126. The van der Waals surface area contributed by atoms with Crippen LogP contribution in [0.5, 0.6) is 0 Å². The number of benzene rings is 2. The van der Waals surface area contributed by atoms with E-state index in [0.29, 0.717) is 63.6 Å². The summed E-state index contributed by atoms with van der Waals surface area (Å²) in [5.74, 6) is -0.664. The van der Waals surface area contributed by atoms with Gasteiger partial charge in [-0.15, -0.1) is 0 Å². The van der Waals surface area contributed by atoms with Gasteiger partial charge >= 0.3 is 0 Å². The van der Waals surface area contributed by atoms with E-state index in [-0.39, 0.29) is 23.4 Å². The molecule has 7 nitrogen and oxygen atoms in total. The number of hydrogen-bond acceptors (Lipinski definition) is 5. The first-order valence-corrected chi connectivity index (χ1v) is 14.2. The van der Waals surface area contributed by atoms with Crippen molar-refractivity contribution in [1.29, 1.82) is 5.26 Å². The fourth-order valence-corrected chi connectivity index (χ4v) is 6.11. The van der Waals surface area contributed by atoms with Gasteiger partial charge in [0.05, 0.1) is 16.9 Å². The van der Waals surface area contributed by atoms with Crippen molar-refractivity contribution < 1.29 is 9.18 Å². The average molecular weight is 584 g/mol. The molecule has 1 atom stereocenters. The highest BCUT2D eigenvalue weighted by molar-refractivity contribution is 6.34. The number of piperazine rings is 1. The number of carbonyl (C=O) groups excluding carboxylic acids is 1. The molecule has 0 unspecified atom stereocenters. The zero-order chi connectivity index (χ0) is 30.3. The number of aromatic nitrogens is 2. The minimum Gasteiger partial charge on any atom is -0.363 e. The van der Waals surface area contributed by atoms with Gasteiger partial charge in [-0.2, -0.15) is 9.65 Å². The summed E-state index contributed by atoms with van der Waals surface area (Å²) in [4.78, 5) is 34.3. The Morgan fingerprint density at radius 1 is 1.21 bits per heavy atom. The third-order valence-electron chi connectivity index (χ3n) is 7.92. The van der Waals surface area contributed by atoms with Crippen molar-refractivity contribution in [3.8, 4) is 22.9 Å². The van der Waals surface area contributed by atoms with Crippen LogP contribution in [-0.2, 0) is 4.79 Å². The summed E-state index contributed by atoms with van der Waals surface area (Å²) in [6.45, 7) is 12.7. The van der Waals surface area contributed by atoms with Crippen LogP contribution < -0.4 is 10.5 Å². The number of nitriles is 1. The molecule has 2 aromatic heterocycles. The van der Waals surface area contributed by atoms with E-state index < -0.39 is 11.5 Å². The number of amides is 1. The van der Waals surface area contributed by atoms with Crippen LogP contribution in [0, 0.1) is 24.2 Å². The molecule has 0 aliphatic carbocycles. The molecule has 0 bridgehead atoms. The predicted molar refractivity (Wildman–Crippen MR) is 165 cm³/mol. The summed E-state index contributed by atoms with van der Waals surface area (Å²) < 4.78 is 15.5. The van der Waals surface area contributed by atoms with Crippen LogP contribution in [-0.4, -0.2) is 46.0 Å². The van der Waals surface area contributed by atoms with E-state index in [2.05, 4.69) is 17.6 Å². The Balaban J connectivity index is 1.87. The van der Waals surface area contributed by atoms with Gasteiger partial charge in [-0.05, 0) is 61.2 Å². The quantitative estimate of drug-likeness (QED) is 0.201. The number of aryl methyl sites for hydroxylation is 1. The number of hydrogen-bond donors (Lipinski definition) is 0. The van der Waals surface area contributed by atoms with Crippen molar-refractivity contribution >= 4 is 34.1 Å². The SMILES string of the molecule is C=CC(=O)N1CCN(c2c(C#N)c(=O)n(-c3ccccc3C(C)C)c3cc(-c4cnc(F)cc4C)c(Cl)cc23)[C@@H](C)C1. The van der Waals surface area contributed by atoms with Gasteiger partial charge in [-0.3, -0.25) is 14.2 Å². The van der Waals surface area contributed by atoms with Crippen molar-refractivity contribution in [2.45, 2.75) is 39.7 Å². The number of rotatable bonds is 5. The summed E-state index contributed by atoms with van der Waals surface area (Å²) in [7, 11) is 0. The highest BCUT2D eigenvalue weighted by atomic mass is 35.5. The number of carbonyl (C=O) groups is 1. The van der Waals surface area contributed by atoms with Crippen molar-refractivity contribution in [2.75, 3.05) is 24.5 Å². The summed E-state index contributed by atoms with van der Waals surface area (Å²) in [5.41, 5.74) is 4.07. The second kappa shape index (κ2) is 11.4. The summed E-state index contributed by atoms with van der Waals surface area (Å²) in [6.07, 6.45) is 2.73. The fourth-order valence-electron chi connectivity index (χ4n) is 5.84. The maximum absolute atomic E-state index is 14.4. The molecular weight excluding hydrogens is 553 g/mol. The maximum Gasteiger partial charge on any atom is 0.275 e. The standard InChI is InChI=1S/C33H31ClFN5O2/c1-6-31(41)38-11-12-39(21(5)18-38)32-24-14-27(34)23(26-17-37-30(35)13-20(26)4)15-29(24)40(33(42)25(32)16-36)28-10-8-7-9-22(28)19(2)3/h6-10,13-15,17,19,21H,1,11-12,18H2,2-5H3/t21-/m0/s1. The van der Waals surface area contributed by atoms with Crippen molar-refractivity contribution in [3.05, 3.63) is 99.3 Å². The van der Waals surface area contributed by atoms with Crippen LogP contribution in [0.3, 0.4) is 0 Å². The molecule has 1 saturated heterocycles. The second-order valence-electron chi connectivity index (χ2n) is 10.9. The highest BCUT2D eigenvalue weighted by Crippen LogP contribution is 2.40. The molecule has 1 amide bonds. The number of nitrogens with zero attached hydrogens (tertiary/aromatic N) is 5. The van der Waals surface area contributed by atoms with Crippen LogP contribution in [0.2, 0.25) is 5.02 Å². The maximum atomic E-state index is 14.4. The zero-order valence-corrected chi connectivity index (χ0v) is 24.7. The molecule has 4 aromatic rings. The van der Waals surface area contributed by atoms with E-state index in [0.717, 1.165) is 5.56 Å². The normalized spacial score (nSPS) is 15.2. The van der Waals surface area contributed by atoms with Gasteiger partial charge in [0, 0.05) is 53.4 Å². The Labute approximate surface area is 249 Å². The summed E-state index contributed by atoms with van der Waals surface area (Å²) in [6, 6.07) is 14.6. The fraction of sp³-hybridized carbons (Fsp3) is 0.273. The third-order valence-corrected chi connectivity index (χ3v) is 8.23. The van der Waals surface area contributed by atoms with Gasteiger partial charge < -0.3 is 9.80 Å². The van der Waals surface area contributed by atoms with E-state index in [1.807, 2.05) is 56.0 Å². The predicted octanol–water partition coefficient (Wildman–Crippen LogP) is 6.37. The van der Waals surface area contributed by atoms with Gasteiger partial charge in [-0.25, -0.2) is 4.98 Å². The third kappa shape index (κ3) is 4.94. The van der Waals surface area contributed by atoms with Gasteiger partial charge in [0.25, 0.3) is 5.56 Å². The highest BCUT2D eigenvalue weighted by Gasteiger charge is 2.31. The monoisotopic (exact) mass is 583 g/mol. The van der Waals surface area contributed by atoms with Gasteiger partial charge in [-0.1, -0.05) is 50.2 Å². The molecule has 1 aliphatic heterocycles. The molecule has 0 radical (unpaired) electrons. The molecule has 1 aliphatic rings. The van der Waals surface area contributed by atoms with Crippen LogP contribution in [0.15, 0.2) is 66.1 Å². The van der Waals surface area contributed by atoms with Gasteiger partial charge in [0.1, 0.15) is 11.6 Å². The van der Waals surface area contributed by atoms with E-state index in [1.165, 1.54) is 18.3 Å². The Morgan fingerprint density at radius 3 is 2.60 bits per heavy atom. The first-order chi connectivity index (χ1) is 20.1. The molecule has 3 heterocycles. The van der Waals surface area contributed by atoms with Crippen LogP contribution in [0.4, 0.5) is 10.1 Å². The number of anilines is 1. The van der Waals surface area contributed by atoms with Crippen LogP contribution in [0.25, 0.3) is 27.7 Å². The lowest BCUT2D eigenvalue weighted by Gasteiger charge is -2.41. The lowest BCUT2D eigenvalue weighted by Crippen LogP contribution is -2.54. The van der Waals surface area contributed by atoms with E-state index >= 15 is 0 Å². The molecule has 0 saturated carbocycles. The van der Waals surface area contributed by atoms with Crippen molar-refractivity contribution in [2.24, 2.45) is 0 Å². The first-order valence-electron chi connectivity index (χ1n) is 13.8. The average Bonchev–Trinajstić information content (AvgIpc) is 2.96. The van der Waals surface area contributed by atoms with E-state index in [4.69, 9.17) is 11.6 Å². The molecule has 1 fully saturated rings. The molecule has 42 heavy (non-hydrogen) atoms. The Hall–Kier alpha value is -4.48.